The highest BCUT2D eigenvalue weighted by Gasteiger charge is 2.38. The highest BCUT2D eigenvalue weighted by Crippen LogP contribution is 2.46. The molecule has 0 aromatic carbocycles. The molecular formula is C21H23F2N7O. The van der Waals surface area contributed by atoms with Gasteiger partial charge in [0.25, 0.3) is 12.1 Å². The van der Waals surface area contributed by atoms with Crippen LogP contribution >= 0.6 is 0 Å². The second-order valence-corrected chi connectivity index (χ2v) is 7.57. The van der Waals surface area contributed by atoms with E-state index in [1.807, 2.05) is 18.2 Å². The van der Waals surface area contributed by atoms with Gasteiger partial charge in [0.1, 0.15) is 17.3 Å². The first-order valence-corrected chi connectivity index (χ1v) is 10.2. The molecule has 1 saturated carbocycles. The molecule has 3 heterocycles. The van der Waals surface area contributed by atoms with Crippen LogP contribution in [0.2, 0.25) is 0 Å². The highest BCUT2D eigenvalue weighted by atomic mass is 19.3. The Bertz CT molecular complexity index is 1150. The Morgan fingerprint density at radius 3 is 2.84 bits per heavy atom. The topological polar surface area (TPSA) is 106 Å². The van der Waals surface area contributed by atoms with E-state index in [1.54, 1.807) is 6.92 Å². The molecule has 0 saturated heterocycles. The van der Waals surface area contributed by atoms with Gasteiger partial charge in [-0.1, -0.05) is 13.0 Å². The summed E-state index contributed by atoms with van der Waals surface area (Å²) in [4.78, 5) is 12.5. The molecule has 162 valence electrons. The van der Waals surface area contributed by atoms with E-state index in [9.17, 15) is 13.9 Å². The monoisotopic (exact) mass is 427 g/mol. The van der Waals surface area contributed by atoms with Crippen molar-refractivity contribution in [3.63, 3.8) is 0 Å². The number of rotatable bonds is 8. The van der Waals surface area contributed by atoms with Gasteiger partial charge in [-0.3, -0.25) is 4.98 Å². The normalized spacial score (nSPS) is 17.8. The molecule has 0 amide bonds. The van der Waals surface area contributed by atoms with E-state index >= 15 is 0 Å². The predicted molar refractivity (Wildman–Crippen MR) is 112 cm³/mol. The molecule has 0 spiro atoms. The van der Waals surface area contributed by atoms with Crippen LogP contribution in [0.3, 0.4) is 0 Å². The summed E-state index contributed by atoms with van der Waals surface area (Å²) in [6.07, 6.45) is -0.899. The zero-order chi connectivity index (χ0) is 22.1. The number of hydrogen-bond acceptors (Lipinski definition) is 6. The smallest absolute Gasteiger partial charge is 0.282 e. The number of hydrogen-bond donors (Lipinski definition) is 3. The number of nitrogen functional groups attached to an aromatic ring is 1. The van der Waals surface area contributed by atoms with Gasteiger partial charge in [-0.2, -0.15) is 5.10 Å². The van der Waals surface area contributed by atoms with Crippen LogP contribution < -0.4 is 11.1 Å². The lowest BCUT2D eigenvalue weighted by Gasteiger charge is -2.11. The van der Waals surface area contributed by atoms with Crippen LogP contribution in [0.15, 0.2) is 18.2 Å². The van der Waals surface area contributed by atoms with Crippen molar-refractivity contribution in [1.82, 2.24) is 19.6 Å². The van der Waals surface area contributed by atoms with Gasteiger partial charge in [0.15, 0.2) is 5.65 Å². The molecule has 1 aliphatic carbocycles. The summed E-state index contributed by atoms with van der Waals surface area (Å²) in [6, 6.07) is 5.84. The predicted octanol–water partition coefficient (Wildman–Crippen LogP) is 3.51. The number of nitrogens with one attached hydrogen (secondary N) is 1. The lowest BCUT2D eigenvalue weighted by atomic mass is 10.2. The number of aromatic nitrogens is 4. The number of nitrogens with zero attached hydrogens (tertiary/aromatic N) is 5. The minimum Gasteiger partial charge on any atom is -0.396 e. The third-order valence-corrected chi connectivity index (χ3v) is 5.61. The fourth-order valence-electron chi connectivity index (χ4n) is 3.83. The lowest BCUT2D eigenvalue weighted by Crippen LogP contribution is -2.11. The van der Waals surface area contributed by atoms with E-state index in [1.165, 1.54) is 0 Å². The molecule has 3 aromatic rings. The Hall–Kier alpha value is -3.32. The van der Waals surface area contributed by atoms with Gasteiger partial charge >= 0.3 is 0 Å². The average molecular weight is 427 g/mol. The van der Waals surface area contributed by atoms with Crippen LogP contribution in [-0.2, 0) is 12.8 Å². The molecule has 10 heteroatoms. The number of halogens is 2. The number of nitrogens with two attached hydrogens (primary N) is 1. The Labute approximate surface area is 177 Å². The maximum atomic E-state index is 13.4. The zero-order valence-corrected chi connectivity index (χ0v) is 17.0. The Kier molecular flexibility index (Phi) is 5.69. The summed E-state index contributed by atoms with van der Waals surface area (Å²) < 4.78 is 27.8. The number of anilines is 2. The molecular weight excluding hydrogens is 404 g/mol. The lowest BCUT2D eigenvalue weighted by molar-refractivity contribution is 0.144. The number of fused-ring (bicyclic) bond motifs is 1. The maximum absolute atomic E-state index is 13.4. The van der Waals surface area contributed by atoms with Crippen molar-refractivity contribution >= 4 is 23.0 Å². The number of alkyl halides is 2. The summed E-state index contributed by atoms with van der Waals surface area (Å²) in [5.74, 6) is 0.832. The Balaban J connectivity index is 1.56. The molecule has 1 aliphatic rings. The average Bonchev–Trinajstić information content (AvgIpc) is 3.46. The molecule has 2 atom stereocenters. The van der Waals surface area contributed by atoms with Crippen LogP contribution in [0, 0.1) is 12.5 Å². The second kappa shape index (κ2) is 8.43. The molecule has 0 radical (unpaired) electrons. The summed E-state index contributed by atoms with van der Waals surface area (Å²) >= 11 is 0. The Morgan fingerprint density at radius 1 is 1.39 bits per heavy atom. The maximum Gasteiger partial charge on any atom is 0.282 e. The number of aliphatic hydroxyl groups excluding tert-OH is 1. The second-order valence-electron chi connectivity index (χ2n) is 7.57. The third-order valence-electron chi connectivity index (χ3n) is 5.61. The van der Waals surface area contributed by atoms with E-state index in [4.69, 9.17) is 12.3 Å². The van der Waals surface area contributed by atoms with Crippen molar-refractivity contribution in [3.05, 3.63) is 52.3 Å². The van der Waals surface area contributed by atoms with Crippen molar-refractivity contribution in [3.8, 4) is 0 Å². The zero-order valence-electron chi connectivity index (χ0n) is 17.0. The van der Waals surface area contributed by atoms with Gasteiger partial charge in [-0.15, -0.1) is 0 Å². The highest BCUT2D eigenvalue weighted by molar-refractivity contribution is 5.80. The first-order valence-electron chi connectivity index (χ1n) is 10.2. The molecule has 4 rings (SSSR count). The van der Waals surface area contributed by atoms with Gasteiger partial charge in [-0.05, 0) is 30.9 Å². The van der Waals surface area contributed by atoms with Gasteiger partial charge in [0, 0.05) is 42.4 Å². The van der Waals surface area contributed by atoms with Crippen LogP contribution in [0.1, 0.15) is 48.3 Å². The Morgan fingerprint density at radius 2 is 2.19 bits per heavy atom. The van der Waals surface area contributed by atoms with E-state index < -0.39 is 6.43 Å². The summed E-state index contributed by atoms with van der Waals surface area (Å²) in [6.45, 7) is 9.81. The van der Waals surface area contributed by atoms with Crippen molar-refractivity contribution in [2.75, 3.05) is 24.2 Å². The number of pyridine rings is 1. The molecule has 1 fully saturated rings. The van der Waals surface area contributed by atoms with Gasteiger partial charge in [-0.25, -0.2) is 23.1 Å². The van der Waals surface area contributed by atoms with Crippen molar-refractivity contribution < 1.29 is 13.9 Å². The van der Waals surface area contributed by atoms with Crippen LogP contribution in [0.4, 0.5) is 26.1 Å². The first-order chi connectivity index (χ1) is 15.0. The van der Waals surface area contributed by atoms with Gasteiger partial charge < -0.3 is 16.2 Å². The fourth-order valence-corrected chi connectivity index (χ4v) is 3.83. The summed E-state index contributed by atoms with van der Waals surface area (Å²) in [7, 11) is 0. The summed E-state index contributed by atoms with van der Waals surface area (Å²) in [5.41, 5.74) is 8.16. The van der Waals surface area contributed by atoms with Crippen molar-refractivity contribution in [2.24, 2.45) is 5.92 Å². The van der Waals surface area contributed by atoms with Crippen LogP contribution in [0.5, 0.6) is 0 Å². The SMILES string of the molecule is [C-]#[N+]c1c(NCCc2cccc(C3CC3CO)n2)nc2c(CC)c(C(F)F)nn2c1N. The van der Waals surface area contributed by atoms with E-state index in [0.29, 0.717) is 36.8 Å². The number of aliphatic hydroxyl groups is 1. The standard InChI is InChI=1S/C21H23F2N7O/c1-3-13-16(18(22)23)29-30-19(24)17(25-2)20(28-21(13)30)26-8-7-12-5-4-6-15(27-12)14-9-11(14)10-31/h4-6,11,14,18,31H,3,7-10,24H2,1H3,(H,26,28). The molecule has 0 aliphatic heterocycles. The van der Waals surface area contributed by atoms with E-state index in [2.05, 4.69) is 25.2 Å². The molecule has 8 nitrogen and oxygen atoms in total. The van der Waals surface area contributed by atoms with Crippen LogP contribution in [0.25, 0.3) is 10.5 Å². The molecule has 3 aromatic heterocycles. The molecule has 0 bridgehead atoms. The largest absolute Gasteiger partial charge is 0.396 e. The van der Waals surface area contributed by atoms with Crippen molar-refractivity contribution in [2.45, 2.75) is 38.5 Å². The quantitative estimate of drug-likeness (QED) is 0.475. The third kappa shape index (κ3) is 3.88. The van der Waals surface area contributed by atoms with E-state index in [-0.39, 0.29) is 35.3 Å². The van der Waals surface area contributed by atoms with E-state index in [0.717, 1.165) is 22.3 Å². The fraction of sp³-hybridized carbons (Fsp3) is 0.429. The summed E-state index contributed by atoms with van der Waals surface area (Å²) in [5, 5.41) is 16.3. The van der Waals surface area contributed by atoms with Crippen LogP contribution in [-0.4, -0.2) is 37.8 Å². The van der Waals surface area contributed by atoms with Crippen molar-refractivity contribution in [1.29, 1.82) is 0 Å². The number of aryl methyl sites for hydroxylation is 1. The minimum atomic E-state index is -2.75. The van der Waals surface area contributed by atoms with Gasteiger partial charge in [0.2, 0.25) is 0 Å². The molecule has 4 N–H and O–H groups in total. The minimum absolute atomic E-state index is 0.0204. The molecule has 31 heavy (non-hydrogen) atoms. The molecule has 2 unspecified atom stereocenters. The first kappa shape index (κ1) is 20.9. The van der Waals surface area contributed by atoms with Gasteiger partial charge in [0.05, 0.1) is 6.57 Å².